The Hall–Kier alpha value is -4.14. The van der Waals surface area contributed by atoms with Crippen LogP contribution in [0.1, 0.15) is 46.1 Å². The van der Waals surface area contributed by atoms with Crippen LogP contribution in [0.3, 0.4) is 0 Å². The van der Waals surface area contributed by atoms with E-state index in [4.69, 9.17) is 4.42 Å². The molecule has 9 nitrogen and oxygen atoms in total. The van der Waals surface area contributed by atoms with E-state index < -0.39 is 5.97 Å². The zero-order valence-electron chi connectivity index (χ0n) is 19.2. The van der Waals surface area contributed by atoms with Crippen LogP contribution in [0.25, 0.3) is 11.0 Å². The molecule has 0 amide bonds. The number of carboxylic acids is 1. The summed E-state index contributed by atoms with van der Waals surface area (Å²) in [5, 5.41) is 21.7. The lowest BCUT2D eigenvalue weighted by Crippen LogP contribution is -2.34. The molecule has 1 unspecified atom stereocenters. The first-order chi connectivity index (χ1) is 16.3. The number of hydrogen-bond donors (Lipinski definition) is 2. The highest BCUT2D eigenvalue weighted by atomic mass is 16.4. The molecule has 3 heterocycles. The van der Waals surface area contributed by atoms with E-state index in [1.807, 2.05) is 37.8 Å². The van der Waals surface area contributed by atoms with Crippen LogP contribution < -0.4 is 15.6 Å². The minimum Gasteiger partial charge on any atom is -0.478 e. The molecule has 0 saturated heterocycles. The fourth-order valence-corrected chi connectivity index (χ4v) is 4.50. The van der Waals surface area contributed by atoms with Gasteiger partial charge in [0.25, 0.3) is 0 Å². The van der Waals surface area contributed by atoms with Gasteiger partial charge in [0, 0.05) is 30.4 Å². The molecule has 0 aliphatic carbocycles. The van der Waals surface area contributed by atoms with Crippen LogP contribution in [0.5, 0.6) is 0 Å². The van der Waals surface area contributed by atoms with E-state index in [1.165, 1.54) is 6.07 Å². The van der Waals surface area contributed by atoms with E-state index in [9.17, 15) is 14.7 Å². The van der Waals surface area contributed by atoms with Crippen molar-refractivity contribution in [3.8, 4) is 0 Å². The Kier molecular flexibility index (Phi) is 5.31. The SMILES string of the molecule is Cc1cc(C(C)Nc2ccccc2C(=O)O)c2oc(N3CCn4c(C)nnc4C3)cc(=O)c2c1. The molecule has 4 aromatic rings. The van der Waals surface area contributed by atoms with Crippen LogP contribution in [0.2, 0.25) is 0 Å². The summed E-state index contributed by atoms with van der Waals surface area (Å²) in [5.41, 5.74) is 2.75. The second-order valence-corrected chi connectivity index (χ2v) is 8.63. The van der Waals surface area contributed by atoms with Gasteiger partial charge in [-0.25, -0.2) is 4.79 Å². The highest BCUT2D eigenvalue weighted by Gasteiger charge is 2.24. The second-order valence-electron chi connectivity index (χ2n) is 8.63. The molecular formula is C25H25N5O4. The van der Waals surface area contributed by atoms with Crippen LogP contribution in [0.4, 0.5) is 11.6 Å². The van der Waals surface area contributed by atoms with Gasteiger partial charge in [-0.2, -0.15) is 0 Å². The first-order valence-electron chi connectivity index (χ1n) is 11.1. The number of carbonyl (C=O) groups is 1. The molecular weight excluding hydrogens is 434 g/mol. The van der Waals surface area contributed by atoms with Crippen molar-refractivity contribution in [3.63, 3.8) is 0 Å². The Labute approximate surface area is 195 Å². The number of rotatable bonds is 5. The maximum atomic E-state index is 13.1. The number of anilines is 2. The number of hydrogen-bond acceptors (Lipinski definition) is 7. The number of aryl methyl sites for hydroxylation is 2. The third-order valence-corrected chi connectivity index (χ3v) is 6.23. The van der Waals surface area contributed by atoms with Crippen LogP contribution in [-0.2, 0) is 13.1 Å². The number of para-hydroxylation sites is 1. The van der Waals surface area contributed by atoms with Crippen LogP contribution >= 0.6 is 0 Å². The molecule has 9 heteroatoms. The second kappa shape index (κ2) is 8.33. The van der Waals surface area contributed by atoms with E-state index >= 15 is 0 Å². The molecule has 5 rings (SSSR count). The van der Waals surface area contributed by atoms with Crippen molar-refractivity contribution in [3.05, 3.63) is 81.0 Å². The van der Waals surface area contributed by atoms with Gasteiger partial charge in [-0.15, -0.1) is 10.2 Å². The van der Waals surface area contributed by atoms with Gasteiger partial charge in [0.1, 0.15) is 11.4 Å². The molecule has 1 aliphatic rings. The predicted molar refractivity (Wildman–Crippen MR) is 128 cm³/mol. The molecule has 174 valence electrons. The Balaban J connectivity index is 1.56. The molecule has 0 fully saturated rings. The standard InChI is InChI=1S/C25H25N5O4/c1-14-10-18(15(2)26-20-7-5-4-6-17(20)25(32)33)24-19(11-14)21(31)12-23(34-24)29-8-9-30-16(3)27-28-22(30)13-29/h4-7,10-12,15,26H,8-9,13H2,1-3H3,(H,32,33). The summed E-state index contributed by atoms with van der Waals surface area (Å²) >= 11 is 0. The molecule has 0 bridgehead atoms. The van der Waals surface area contributed by atoms with Crippen LogP contribution in [-0.4, -0.2) is 32.4 Å². The molecule has 0 spiro atoms. The minimum absolute atomic E-state index is 0.123. The normalized spacial score (nSPS) is 14.1. The third kappa shape index (κ3) is 3.79. The maximum Gasteiger partial charge on any atom is 0.337 e. The first kappa shape index (κ1) is 21.7. The highest BCUT2D eigenvalue weighted by molar-refractivity contribution is 5.94. The molecule has 0 radical (unpaired) electrons. The average Bonchev–Trinajstić information content (AvgIpc) is 3.19. The van der Waals surface area contributed by atoms with Gasteiger partial charge in [-0.1, -0.05) is 18.2 Å². The number of nitrogens with zero attached hydrogens (tertiary/aromatic N) is 4. The summed E-state index contributed by atoms with van der Waals surface area (Å²) in [6, 6.07) is 11.8. The van der Waals surface area contributed by atoms with E-state index in [0.717, 1.165) is 22.8 Å². The Bertz CT molecular complexity index is 1470. The maximum absolute atomic E-state index is 13.1. The summed E-state index contributed by atoms with van der Waals surface area (Å²) < 4.78 is 8.40. The number of aromatic carboxylic acids is 1. The highest BCUT2D eigenvalue weighted by Crippen LogP contribution is 2.31. The Morgan fingerprint density at radius 1 is 1.15 bits per heavy atom. The number of benzene rings is 2. The third-order valence-electron chi connectivity index (χ3n) is 6.23. The van der Waals surface area contributed by atoms with Gasteiger partial charge in [-0.05, 0) is 44.5 Å². The molecule has 2 aromatic carbocycles. The van der Waals surface area contributed by atoms with Crippen molar-refractivity contribution >= 4 is 28.5 Å². The van der Waals surface area contributed by atoms with E-state index in [0.29, 0.717) is 42.2 Å². The zero-order valence-corrected chi connectivity index (χ0v) is 19.2. The van der Waals surface area contributed by atoms with Crippen molar-refractivity contribution < 1.29 is 14.3 Å². The van der Waals surface area contributed by atoms with Crippen molar-refractivity contribution in [2.75, 3.05) is 16.8 Å². The fraction of sp³-hybridized carbons (Fsp3) is 0.280. The van der Waals surface area contributed by atoms with Gasteiger partial charge < -0.3 is 24.3 Å². The van der Waals surface area contributed by atoms with Crippen molar-refractivity contribution in [2.45, 2.75) is 39.9 Å². The minimum atomic E-state index is -1.01. The molecule has 2 N–H and O–H groups in total. The number of nitrogens with one attached hydrogen (secondary N) is 1. The lowest BCUT2D eigenvalue weighted by molar-refractivity contribution is 0.0698. The van der Waals surface area contributed by atoms with Gasteiger partial charge >= 0.3 is 5.97 Å². The Morgan fingerprint density at radius 3 is 2.74 bits per heavy atom. The van der Waals surface area contributed by atoms with Crippen LogP contribution in [0.15, 0.2) is 51.7 Å². The molecule has 1 atom stereocenters. The Morgan fingerprint density at radius 2 is 1.94 bits per heavy atom. The first-order valence-corrected chi connectivity index (χ1v) is 11.1. The van der Waals surface area contributed by atoms with Gasteiger partial charge in [0.15, 0.2) is 17.1 Å². The van der Waals surface area contributed by atoms with E-state index in [-0.39, 0.29) is 17.0 Å². The summed E-state index contributed by atoms with van der Waals surface area (Å²) in [6.45, 7) is 7.64. The van der Waals surface area contributed by atoms with Crippen LogP contribution in [0, 0.1) is 13.8 Å². The van der Waals surface area contributed by atoms with E-state index in [2.05, 4.69) is 20.1 Å². The average molecular weight is 460 g/mol. The number of carboxylic acid groups (broad SMARTS) is 1. The van der Waals surface area contributed by atoms with E-state index in [1.54, 1.807) is 24.3 Å². The molecule has 1 aliphatic heterocycles. The summed E-state index contributed by atoms with van der Waals surface area (Å²) in [4.78, 5) is 26.7. The van der Waals surface area contributed by atoms with Crippen molar-refractivity contribution in [1.82, 2.24) is 14.8 Å². The lowest BCUT2D eigenvalue weighted by atomic mass is 10.0. The topological polar surface area (TPSA) is 113 Å². The zero-order chi connectivity index (χ0) is 24.0. The van der Waals surface area contributed by atoms with Gasteiger partial charge in [-0.3, -0.25) is 4.79 Å². The molecule has 34 heavy (non-hydrogen) atoms. The molecule has 2 aromatic heterocycles. The lowest BCUT2D eigenvalue weighted by Gasteiger charge is -2.28. The smallest absolute Gasteiger partial charge is 0.337 e. The number of aromatic nitrogens is 3. The number of fused-ring (bicyclic) bond motifs is 2. The summed E-state index contributed by atoms with van der Waals surface area (Å²) in [6.07, 6.45) is 0. The van der Waals surface area contributed by atoms with Gasteiger partial charge in [0.05, 0.1) is 23.5 Å². The predicted octanol–water partition coefficient (Wildman–Crippen LogP) is 3.89. The summed E-state index contributed by atoms with van der Waals surface area (Å²) in [5.74, 6) is 1.17. The largest absolute Gasteiger partial charge is 0.478 e. The van der Waals surface area contributed by atoms with Gasteiger partial charge in [0.2, 0.25) is 0 Å². The monoisotopic (exact) mass is 459 g/mol. The fourth-order valence-electron chi connectivity index (χ4n) is 4.50. The van der Waals surface area contributed by atoms with Crippen molar-refractivity contribution in [1.29, 1.82) is 0 Å². The molecule has 0 saturated carbocycles. The quantitative estimate of drug-likeness (QED) is 0.462. The van der Waals surface area contributed by atoms with Crippen molar-refractivity contribution in [2.24, 2.45) is 0 Å². The summed E-state index contributed by atoms with van der Waals surface area (Å²) in [7, 11) is 0.